The number of aliphatic hydroxyl groups is 1. The van der Waals surface area contributed by atoms with Crippen LogP contribution in [0.15, 0.2) is 55.1 Å². The summed E-state index contributed by atoms with van der Waals surface area (Å²) in [6.07, 6.45) is -2.09. The molecule has 1 heterocycles. The number of carbonyl (C=O) groups is 2. The van der Waals surface area contributed by atoms with E-state index in [1.54, 1.807) is 0 Å². The molecule has 0 saturated heterocycles. The van der Waals surface area contributed by atoms with Crippen molar-refractivity contribution in [1.29, 1.82) is 0 Å². The van der Waals surface area contributed by atoms with Crippen LogP contribution in [-0.4, -0.2) is 54.3 Å². The molecule has 0 saturated carbocycles. The fourth-order valence-electron chi connectivity index (χ4n) is 3.60. The van der Waals surface area contributed by atoms with Gasteiger partial charge in [0.05, 0.1) is 18.2 Å². The van der Waals surface area contributed by atoms with E-state index in [-0.39, 0.29) is 27.7 Å². The number of benzene rings is 2. The number of rotatable bonds is 8. The first kappa shape index (κ1) is 26.5. The van der Waals surface area contributed by atoms with E-state index >= 15 is 0 Å². The minimum Gasteiger partial charge on any atom is -0.480 e. The summed E-state index contributed by atoms with van der Waals surface area (Å²) in [5.74, 6) is -2.31. The van der Waals surface area contributed by atoms with Gasteiger partial charge in [-0.1, -0.05) is 29.3 Å². The molecule has 0 radical (unpaired) electrons. The molecule has 1 amide bonds. The fraction of sp³-hybridized carbons (Fsp3) is 0.273. The molecular weight excluding hydrogens is 512 g/mol. The van der Waals surface area contributed by atoms with Crippen LogP contribution in [0.2, 0.25) is 10.0 Å². The minimum absolute atomic E-state index is 0.0456. The van der Waals surface area contributed by atoms with Crippen LogP contribution in [0.5, 0.6) is 0 Å². The molecule has 2 N–H and O–H groups in total. The average Bonchev–Trinajstić information content (AvgIpc) is 3.28. The van der Waals surface area contributed by atoms with Gasteiger partial charge >= 0.3 is 12.1 Å². The molecule has 2 aromatic carbocycles. The third-order valence-electron chi connectivity index (χ3n) is 5.45. The second kappa shape index (κ2) is 10.2. The lowest BCUT2D eigenvalue weighted by molar-refractivity contribution is -0.140. The number of alkyl halides is 3. The summed E-state index contributed by atoms with van der Waals surface area (Å²) in [7, 11) is 0. The largest absolute Gasteiger partial charge is 0.480 e. The van der Waals surface area contributed by atoms with Gasteiger partial charge < -0.3 is 15.1 Å². The molecule has 1 aromatic heterocycles. The Morgan fingerprint density at radius 2 is 1.80 bits per heavy atom. The first-order valence-electron chi connectivity index (χ1n) is 10.0. The maximum Gasteiger partial charge on any atom is 0.416 e. The van der Waals surface area contributed by atoms with Gasteiger partial charge in [0.25, 0.3) is 5.91 Å². The van der Waals surface area contributed by atoms with E-state index < -0.39 is 41.8 Å². The highest BCUT2D eigenvalue weighted by atomic mass is 35.5. The number of hydrogen-bond acceptors (Lipinski definition) is 5. The van der Waals surface area contributed by atoms with Crippen molar-refractivity contribution in [3.05, 3.63) is 81.9 Å². The number of nitrogens with zero attached hydrogens (tertiary/aromatic N) is 4. The van der Waals surface area contributed by atoms with Gasteiger partial charge in [0.2, 0.25) is 0 Å². The van der Waals surface area contributed by atoms with Crippen molar-refractivity contribution < 1.29 is 33.0 Å². The first-order chi connectivity index (χ1) is 16.3. The molecule has 0 aliphatic rings. The van der Waals surface area contributed by atoms with E-state index in [1.165, 1.54) is 42.5 Å². The number of carboxylic acid groups (broad SMARTS) is 1. The molecule has 0 unspecified atom stereocenters. The third kappa shape index (κ3) is 5.92. The van der Waals surface area contributed by atoms with Gasteiger partial charge in [-0.05, 0) is 43.3 Å². The smallest absolute Gasteiger partial charge is 0.416 e. The van der Waals surface area contributed by atoms with E-state index in [9.17, 15) is 33.0 Å². The summed E-state index contributed by atoms with van der Waals surface area (Å²) in [5, 5.41) is 25.6. The van der Waals surface area contributed by atoms with Gasteiger partial charge in [-0.15, -0.1) is 0 Å². The molecule has 13 heteroatoms. The summed E-state index contributed by atoms with van der Waals surface area (Å²) < 4.78 is 40.1. The summed E-state index contributed by atoms with van der Waals surface area (Å²) >= 11 is 12.3. The Bertz CT molecular complexity index is 1210. The Kier molecular flexibility index (Phi) is 7.73. The first-order valence-corrected chi connectivity index (χ1v) is 10.8. The highest BCUT2D eigenvalue weighted by Crippen LogP contribution is 2.37. The van der Waals surface area contributed by atoms with E-state index in [1.807, 2.05) is 0 Å². The maximum absolute atomic E-state index is 13.3. The standard InChI is InChI=1S/C22H19Cl2F3N4O4/c1-13(21(35,10-30-12-28-11-29-30)17-7-6-16(23)8-18(17)24)31(9-19(32)33)20(34)14-2-4-15(5-3-14)22(25,26)27/h2-8,11-13,35H,9-10H2,1H3,(H,32,33)/t13-,21-/m1/s1. The maximum atomic E-state index is 13.3. The third-order valence-corrected chi connectivity index (χ3v) is 6.00. The van der Waals surface area contributed by atoms with Gasteiger partial charge in [0.1, 0.15) is 24.8 Å². The minimum atomic E-state index is -4.61. The monoisotopic (exact) mass is 530 g/mol. The van der Waals surface area contributed by atoms with E-state index in [4.69, 9.17) is 23.2 Å². The van der Waals surface area contributed by atoms with E-state index in [0.717, 1.165) is 17.0 Å². The second-order valence-electron chi connectivity index (χ2n) is 7.72. The van der Waals surface area contributed by atoms with Crippen LogP contribution in [0.4, 0.5) is 13.2 Å². The van der Waals surface area contributed by atoms with Crippen molar-refractivity contribution in [3.8, 4) is 0 Å². The summed E-state index contributed by atoms with van der Waals surface area (Å²) in [6.45, 7) is 0.255. The van der Waals surface area contributed by atoms with Gasteiger partial charge in [-0.3, -0.25) is 9.59 Å². The number of carboxylic acids is 1. The molecule has 0 spiro atoms. The zero-order valence-corrected chi connectivity index (χ0v) is 19.6. The Hall–Kier alpha value is -3.15. The van der Waals surface area contributed by atoms with E-state index in [0.29, 0.717) is 12.1 Å². The van der Waals surface area contributed by atoms with Crippen LogP contribution in [0.25, 0.3) is 0 Å². The molecule has 35 heavy (non-hydrogen) atoms. The number of hydrogen-bond donors (Lipinski definition) is 2. The summed E-state index contributed by atoms with van der Waals surface area (Å²) in [5.41, 5.74) is -3.05. The van der Waals surface area contributed by atoms with Crippen LogP contribution in [0.1, 0.15) is 28.4 Å². The number of carbonyl (C=O) groups excluding carboxylic acids is 1. The molecule has 0 fully saturated rings. The van der Waals surface area contributed by atoms with Crippen LogP contribution >= 0.6 is 23.2 Å². The molecule has 3 aromatic rings. The fourth-order valence-corrected chi connectivity index (χ4v) is 4.17. The van der Waals surface area contributed by atoms with Crippen molar-refractivity contribution in [3.63, 3.8) is 0 Å². The highest BCUT2D eigenvalue weighted by Gasteiger charge is 2.44. The van der Waals surface area contributed by atoms with Gasteiger partial charge in [-0.25, -0.2) is 9.67 Å². The quantitative estimate of drug-likeness (QED) is 0.453. The molecule has 8 nitrogen and oxygen atoms in total. The van der Waals surface area contributed by atoms with Crippen molar-refractivity contribution in [1.82, 2.24) is 19.7 Å². The number of aromatic nitrogens is 3. The molecule has 0 aliphatic carbocycles. The Morgan fingerprint density at radius 1 is 1.14 bits per heavy atom. The highest BCUT2D eigenvalue weighted by molar-refractivity contribution is 6.35. The lowest BCUT2D eigenvalue weighted by Gasteiger charge is -2.41. The second-order valence-corrected chi connectivity index (χ2v) is 8.56. The number of amides is 1. The van der Waals surface area contributed by atoms with Crippen LogP contribution in [0, 0.1) is 0 Å². The van der Waals surface area contributed by atoms with Crippen molar-refractivity contribution in [2.75, 3.05) is 6.54 Å². The van der Waals surface area contributed by atoms with Gasteiger partial charge in [0.15, 0.2) is 0 Å². The lowest BCUT2D eigenvalue weighted by atomic mass is 9.85. The topological polar surface area (TPSA) is 109 Å². The predicted molar refractivity (Wildman–Crippen MR) is 120 cm³/mol. The Balaban J connectivity index is 2.07. The lowest BCUT2D eigenvalue weighted by Crippen LogP contribution is -2.55. The zero-order valence-electron chi connectivity index (χ0n) is 18.1. The van der Waals surface area contributed by atoms with Crippen LogP contribution in [0.3, 0.4) is 0 Å². The van der Waals surface area contributed by atoms with Crippen molar-refractivity contribution >= 4 is 35.1 Å². The average molecular weight is 531 g/mol. The van der Waals surface area contributed by atoms with E-state index in [2.05, 4.69) is 10.1 Å². The van der Waals surface area contributed by atoms with Gasteiger partial charge in [0, 0.05) is 21.2 Å². The molecule has 186 valence electrons. The van der Waals surface area contributed by atoms with Crippen molar-refractivity contribution in [2.24, 2.45) is 0 Å². The van der Waals surface area contributed by atoms with Gasteiger partial charge in [-0.2, -0.15) is 18.3 Å². The SMILES string of the molecule is C[C@@H](N(CC(=O)O)C(=O)c1ccc(C(F)(F)F)cc1)[C@](O)(Cn1cncn1)c1ccc(Cl)cc1Cl. The molecule has 0 bridgehead atoms. The molecule has 3 rings (SSSR count). The zero-order chi connectivity index (χ0) is 26.0. The normalized spacial score (nSPS) is 14.3. The van der Waals surface area contributed by atoms with Crippen LogP contribution in [-0.2, 0) is 23.1 Å². The van der Waals surface area contributed by atoms with Crippen molar-refractivity contribution in [2.45, 2.75) is 31.3 Å². The summed E-state index contributed by atoms with van der Waals surface area (Å²) in [4.78, 5) is 29.6. The molecular formula is C22H19Cl2F3N4O4. The molecule has 2 atom stereocenters. The number of aliphatic carboxylic acids is 1. The molecule has 0 aliphatic heterocycles. The Labute approximate surface area is 207 Å². The van der Waals surface area contributed by atoms with Crippen LogP contribution < -0.4 is 0 Å². The number of halogens is 5. The Morgan fingerprint density at radius 3 is 2.31 bits per heavy atom. The predicted octanol–water partition coefficient (Wildman–Crippen LogP) is 4.11. The summed E-state index contributed by atoms with van der Waals surface area (Å²) in [6, 6.07) is 6.33.